The van der Waals surface area contributed by atoms with Crippen molar-refractivity contribution in [2.24, 2.45) is 5.92 Å². The first-order chi connectivity index (χ1) is 9.16. The fourth-order valence-electron chi connectivity index (χ4n) is 2.24. The van der Waals surface area contributed by atoms with Crippen molar-refractivity contribution in [1.82, 2.24) is 5.32 Å². The van der Waals surface area contributed by atoms with Gasteiger partial charge in [0.15, 0.2) is 0 Å². The molecule has 0 radical (unpaired) electrons. The van der Waals surface area contributed by atoms with E-state index in [4.69, 9.17) is 5.11 Å². The van der Waals surface area contributed by atoms with Gasteiger partial charge in [-0.05, 0) is 24.8 Å². The van der Waals surface area contributed by atoms with Crippen LogP contribution in [-0.2, 0) is 9.59 Å². The number of aliphatic carboxylic acids is 1. The summed E-state index contributed by atoms with van der Waals surface area (Å²) in [6.45, 7) is 0. The van der Waals surface area contributed by atoms with Gasteiger partial charge in [-0.2, -0.15) is 0 Å². The van der Waals surface area contributed by atoms with Crippen molar-refractivity contribution < 1.29 is 14.7 Å². The molecule has 1 fully saturated rings. The third-order valence-corrected chi connectivity index (χ3v) is 3.64. The van der Waals surface area contributed by atoms with Crippen molar-refractivity contribution in [1.29, 1.82) is 0 Å². The van der Waals surface area contributed by atoms with Gasteiger partial charge in [0.25, 0.3) is 0 Å². The van der Waals surface area contributed by atoms with Crippen LogP contribution in [0, 0.1) is 5.92 Å². The largest absolute Gasteiger partial charge is 0.481 e. The van der Waals surface area contributed by atoms with Crippen LogP contribution in [0.15, 0.2) is 30.3 Å². The van der Waals surface area contributed by atoms with Gasteiger partial charge in [0.2, 0.25) is 5.91 Å². The maximum atomic E-state index is 12.0. The van der Waals surface area contributed by atoms with Crippen LogP contribution in [0.4, 0.5) is 0 Å². The standard InChI is InChI=1S/C15H19NO3/c17-14(18)10-9-13(11-5-2-1-3-6-11)16-15(19)12-7-4-8-12/h1-3,5-6,12-13H,4,7-10H2,(H,16,19)(H,17,18). The maximum Gasteiger partial charge on any atom is 0.303 e. The molecule has 1 atom stereocenters. The Kier molecular flexibility index (Phi) is 4.55. The summed E-state index contributed by atoms with van der Waals surface area (Å²) in [5.74, 6) is -0.652. The number of hydrogen-bond acceptors (Lipinski definition) is 2. The second-order valence-electron chi connectivity index (χ2n) is 5.03. The van der Waals surface area contributed by atoms with E-state index >= 15 is 0 Å². The summed E-state index contributed by atoms with van der Waals surface area (Å²) < 4.78 is 0. The van der Waals surface area contributed by atoms with Crippen LogP contribution in [-0.4, -0.2) is 17.0 Å². The second kappa shape index (κ2) is 6.36. The Morgan fingerprint density at radius 1 is 1.26 bits per heavy atom. The molecule has 1 unspecified atom stereocenters. The molecule has 2 N–H and O–H groups in total. The Hall–Kier alpha value is -1.84. The molecule has 1 aromatic rings. The predicted molar refractivity (Wildman–Crippen MR) is 71.5 cm³/mol. The second-order valence-corrected chi connectivity index (χ2v) is 5.03. The van der Waals surface area contributed by atoms with E-state index in [1.807, 2.05) is 30.3 Å². The van der Waals surface area contributed by atoms with Crippen molar-refractivity contribution >= 4 is 11.9 Å². The van der Waals surface area contributed by atoms with E-state index in [0.717, 1.165) is 24.8 Å². The molecule has 19 heavy (non-hydrogen) atoms. The smallest absolute Gasteiger partial charge is 0.303 e. The predicted octanol–water partition coefficient (Wildman–Crippen LogP) is 2.51. The van der Waals surface area contributed by atoms with E-state index in [9.17, 15) is 9.59 Å². The van der Waals surface area contributed by atoms with Crippen LogP contribution < -0.4 is 5.32 Å². The summed E-state index contributed by atoms with van der Waals surface area (Å²) in [5, 5.41) is 11.8. The zero-order chi connectivity index (χ0) is 13.7. The fourth-order valence-corrected chi connectivity index (χ4v) is 2.24. The number of carboxylic acids is 1. The summed E-state index contributed by atoms with van der Waals surface area (Å²) in [6, 6.07) is 9.36. The van der Waals surface area contributed by atoms with Gasteiger partial charge in [0.05, 0.1) is 6.04 Å². The molecule has 0 heterocycles. The highest BCUT2D eigenvalue weighted by Crippen LogP contribution is 2.28. The molecule has 0 spiro atoms. The molecule has 1 aliphatic rings. The fraction of sp³-hybridized carbons (Fsp3) is 0.467. The Morgan fingerprint density at radius 3 is 2.47 bits per heavy atom. The van der Waals surface area contributed by atoms with Crippen molar-refractivity contribution in [3.8, 4) is 0 Å². The molecule has 0 aliphatic heterocycles. The molecule has 0 bridgehead atoms. The molecule has 4 heteroatoms. The lowest BCUT2D eigenvalue weighted by Crippen LogP contribution is -2.37. The third-order valence-electron chi connectivity index (χ3n) is 3.64. The Morgan fingerprint density at radius 2 is 1.95 bits per heavy atom. The molecular weight excluding hydrogens is 242 g/mol. The van der Waals surface area contributed by atoms with Gasteiger partial charge in [-0.1, -0.05) is 36.8 Å². The number of rotatable bonds is 6. The van der Waals surface area contributed by atoms with Crippen molar-refractivity contribution in [3.05, 3.63) is 35.9 Å². The topological polar surface area (TPSA) is 66.4 Å². The van der Waals surface area contributed by atoms with E-state index < -0.39 is 5.97 Å². The molecule has 1 saturated carbocycles. The average molecular weight is 261 g/mol. The summed E-state index contributed by atoms with van der Waals surface area (Å²) in [5.41, 5.74) is 0.969. The number of nitrogens with one attached hydrogen (secondary N) is 1. The van der Waals surface area contributed by atoms with E-state index in [-0.39, 0.29) is 24.3 Å². The Bertz CT molecular complexity index is 440. The minimum Gasteiger partial charge on any atom is -0.481 e. The normalized spacial score (nSPS) is 16.4. The minimum absolute atomic E-state index is 0.0600. The maximum absolute atomic E-state index is 12.0. The zero-order valence-electron chi connectivity index (χ0n) is 10.8. The molecule has 1 aliphatic carbocycles. The van der Waals surface area contributed by atoms with E-state index in [1.165, 1.54) is 0 Å². The summed E-state index contributed by atoms with van der Waals surface area (Å²) in [7, 11) is 0. The molecule has 2 rings (SSSR count). The van der Waals surface area contributed by atoms with Crippen LogP contribution >= 0.6 is 0 Å². The van der Waals surface area contributed by atoms with E-state index in [1.54, 1.807) is 0 Å². The Balaban J connectivity index is 2.00. The molecule has 1 aromatic carbocycles. The lowest BCUT2D eigenvalue weighted by atomic mass is 9.84. The van der Waals surface area contributed by atoms with Crippen LogP contribution in [0.3, 0.4) is 0 Å². The van der Waals surface area contributed by atoms with E-state index in [0.29, 0.717) is 6.42 Å². The number of carbonyl (C=O) groups excluding carboxylic acids is 1. The lowest BCUT2D eigenvalue weighted by molar-refractivity contribution is -0.137. The monoisotopic (exact) mass is 261 g/mol. The first-order valence-electron chi connectivity index (χ1n) is 6.74. The van der Waals surface area contributed by atoms with Gasteiger partial charge in [-0.3, -0.25) is 9.59 Å². The van der Waals surface area contributed by atoms with Crippen LogP contribution in [0.2, 0.25) is 0 Å². The minimum atomic E-state index is -0.834. The molecule has 0 aromatic heterocycles. The SMILES string of the molecule is O=C(O)CCC(NC(=O)C1CCC1)c1ccccc1. The number of amides is 1. The molecule has 102 valence electrons. The van der Waals surface area contributed by atoms with E-state index in [2.05, 4.69) is 5.32 Å². The average Bonchev–Trinajstić information content (AvgIpc) is 2.33. The van der Waals surface area contributed by atoms with Crippen LogP contribution in [0.25, 0.3) is 0 Å². The van der Waals surface area contributed by atoms with Crippen molar-refractivity contribution in [3.63, 3.8) is 0 Å². The molecular formula is C15H19NO3. The summed E-state index contributed by atoms with van der Waals surface area (Å²) >= 11 is 0. The van der Waals surface area contributed by atoms with Crippen LogP contribution in [0.1, 0.15) is 43.7 Å². The Labute approximate surface area is 112 Å². The first-order valence-corrected chi connectivity index (χ1v) is 6.74. The summed E-state index contributed by atoms with van der Waals surface area (Å²) in [4.78, 5) is 22.7. The zero-order valence-corrected chi connectivity index (χ0v) is 10.8. The van der Waals surface area contributed by atoms with Gasteiger partial charge in [0.1, 0.15) is 0 Å². The van der Waals surface area contributed by atoms with Crippen LogP contribution in [0.5, 0.6) is 0 Å². The number of hydrogen-bond donors (Lipinski definition) is 2. The third kappa shape index (κ3) is 3.81. The summed E-state index contributed by atoms with van der Waals surface area (Å²) in [6.07, 6.45) is 3.50. The first kappa shape index (κ1) is 13.6. The van der Waals surface area contributed by atoms with Gasteiger partial charge < -0.3 is 10.4 Å². The quantitative estimate of drug-likeness (QED) is 0.826. The van der Waals surface area contributed by atoms with Gasteiger partial charge in [-0.25, -0.2) is 0 Å². The highest BCUT2D eigenvalue weighted by Gasteiger charge is 2.27. The van der Waals surface area contributed by atoms with Crippen molar-refractivity contribution in [2.75, 3.05) is 0 Å². The molecule has 0 saturated heterocycles. The highest BCUT2D eigenvalue weighted by molar-refractivity contribution is 5.80. The van der Waals surface area contributed by atoms with Crippen molar-refractivity contribution in [2.45, 2.75) is 38.1 Å². The molecule has 1 amide bonds. The number of carboxylic acid groups (broad SMARTS) is 1. The number of benzene rings is 1. The van der Waals surface area contributed by atoms with Gasteiger partial charge in [-0.15, -0.1) is 0 Å². The van der Waals surface area contributed by atoms with Gasteiger partial charge in [0, 0.05) is 12.3 Å². The molecule has 4 nitrogen and oxygen atoms in total. The lowest BCUT2D eigenvalue weighted by Gasteiger charge is -2.27. The highest BCUT2D eigenvalue weighted by atomic mass is 16.4. The number of carbonyl (C=O) groups is 2. The van der Waals surface area contributed by atoms with Gasteiger partial charge >= 0.3 is 5.97 Å².